The molecule has 2 rings (SSSR count). The van der Waals surface area contributed by atoms with E-state index in [1.807, 2.05) is 6.92 Å². The van der Waals surface area contributed by atoms with Crippen molar-refractivity contribution in [3.8, 4) is 11.5 Å². The van der Waals surface area contributed by atoms with Crippen LogP contribution in [0.4, 0.5) is 0 Å². The molecule has 0 saturated carbocycles. The number of carboxylic acid groups (broad SMARTS) is 1. The first kappa shape index (κ1) is 13.5. The summed E-state index contributed by atoms with van der Waals surface area (Å²) in [4.78, 5) is 18.8. The van der Waals surface area contributed by atoms with Gasteiger partial charge in [-0.15, -0.1) is 0 Å². The molecule has 100 valence electrons. The zero-order chi connectivity index (χ0) is 13.8. The Bertz CT molecular complexity index is 568. The van der Waals surface area contributed by atoms with Crippen molar-refractivity contribution < 1.29 is 14.4 Å². The first-order chi connectivity index (χ1) is 9.04. The van der Waals surface area contributed by atoms with Gasteiger partial charge >= 0.3 is 5.97 Å². The van der Waals surface area contributed by atoms with Crippen LogP contribution in [0.5, 0.6) is 0 Å². The molecule has 0 amide bonds. The molecule has 2 aromatic heterocycles. The summed E-state index contributed by atoms with van der Waals surface area (Å²) in [6.07, 6.45) is 1.99. The molecule has 0 aliphatic rings. The van der Waals surface area contributed by atoms with Gasteiger partial charge in [0.05, 0.1) is 5.02 Å². The number of aromatic nitrogens is 3. The van der Waals surface area contributed by atoms with Crippen LogP contribution in [0.25, 0.3) is 11.5 Å². The van der Waals surface area contributed by atoms with Gasteiger partial charge in [-0.25, -0.2) is 0 Å². The summed E-state index contributed by atoms with van der Waals surface area (Å²) in [5, 5.41) is 13.0. The zero-order valence-electron chi connectivity index (χ0n) is 10.2. The molecule has 0 saturated heterocycles. The minimum Gasteiger partial charge on any atom is -0.481 e. The summed E-state index contributed by atoms with van der Waals surface area (Å²) in [5.74, 6) is -0.134. The fourth-order valence-corrected chi connectivity index (χ4v) is 1.73. The topological polar surface area (TPSA) is 89.1 Å². The lowest BCUT2D eigenvalue weighted by Crippen LogP contribution is -2.07. The van der Waals surface area contributed by atoms with Gasteiger partial charge in [0.2, 0.25) is 11.7 Å². The number of carboxylic acids is 1. The normalized spacial score (nSPS) is 12.3. The predicted octanol–water partition coefficient (Wildman–Crippen LogP) is 2.44. The van der Waals surface area contributed by atoms with Gasteiger partial charge in [0.1, 0.15) is 5.69 Å². The van der Waals surface area contributed by atoms with E-state index in [9.17, 15) is 4.79 Å². The van der Waals surface area contributed by atoms with Crippen LogP contribution in [0.2, 0.25) is 5.02 Å². The van der Waals surface area contributed by atoms with Crippen LogP contribution in [-0.4, -0.2) is 26.2 Å². The van der Waals surface area contributed by atoms with E-state index in [0.717, 1.165) is 0 Å². The van der Waals surface area contributed by atoms with Crippen LogP contribution in [0.1, 0.15) is 19.2 Å². The Morgan fingerprint density at radius 3 is 2.95 bits per heavy atom. The molecule has 0 aromatic carbocycles. The van der Waals surface area contributed by atoms with Crippen molar-refractivity contribution in [3.05, 3.63) is 29.2 Å². The lowest BCUT2D eigenvalue weighted by atomic mass is 10.0. The van der Waals surface area contributed by atoms with Crippen molar-refractivity contribution in [2.24, 2.45) is 5.92 Å². The molecule has 0 aliphatic heterocycles. The number of pyridine rings is 1. The molecule has 0 bridgehead atoms. The predicted molar refractivity (Wildman–Crippen MR) is 67.7 cm³/mol. The summed E-state index contributed by atoms with van der Waals surface area (Å²) < 4.78 is 5.07. The van der Waals surface area contributed by atoms with Gasteiger partial charge in [-0.1, -0.05) is 23.7 Å². The molecular formula is C12H12ClN3O3. The first-order valence-corrected chi connectivity index (χ1v) is 6.08. The van der Waals surface area contributed by atoms with Crippen LogP contribution in [-0.2, 0) is 11.2 Å². The average molecular weight is 282 g/mol. The summed E-state index contributed by atoms with van der Waals surface area (Å²) in [7, 11) is 0. The molecule has 6 nitrogen and oxygen atoms in total. The van der Waals surface area contributed by atoms with Crippen molar-refractivity contribution in [1.82, 2.24) is 15.1 Å². The van der Waals surface area contributed by atoms with E-state index < -0.39 is 5.97 Å². The maximum absolute atomic E-state index is 10.6. The monoisotopic (exact) mass is 281 g/mol. The van der Waals surface area contributed by atoms with Crippen molar-refractivity contribution in [1.29, 1.82) is 0 Å². The molecule has 2 aromatic rings. The number of hydrogen-bond donors (Lipinski definition) is 1. The summed E-state index contributed by atoms with van der Waals surface area (Å²) in [6.45, 7) is 1.82. The van der Waals surface area contributed by atoms with Crippen molar-refractivity contribution >= 4 is 17.6 Å². The summed E-state index contributed by atoms with van der Waals surface area (Å²) in [6, 6.07) is 3.38. The molecule has 0 aliphatic carbocycles. The van der Waals surface area contributed by atoms with Crippen molar-refractivity contribution in [3.63, 3.8) is 0 Å². The maximum Gasteiger partial charge on any atom is 0.303 e. The quantitative estimate of drug-likeness (QED) is 0.905. The average Bonchev–Trinajstić information content (AvgIpc) is 2.77. The Morgan fingerprint density at radius 2 is 2.32 bits per heavy atom. The molecule has 7 heteroatoms. The Morgan fingerprint density at radius 1 is 1.53 bits per heavy atom. The highest BCUT2D eigenvalue weighted by molar-refractivity contribution is 6.30. The second-order valence-electron chi connectivity index (χ2n) is 4.28. The van der Waals surface area contributed by atoms with E-state index in [4.69, 9.17) is 21.2 Å². The maximum atomic E-state index is 10.6. The molecule has 0 radical (unpaired) electrons. The number of hydrogen-bond acceptors (Lipinski definition) is 5. The first-order valence-electron chi connectivity index (χ1n) is 5.71. The zero-order valence-corrected chi connectivity index (χ0v) is 11.0. The van der Waals surface area contributed by atoms with Crippen molar-refractivity contribution in [2.75, 3.05) is 0 Å². The number of halogens is 1. The second kappa shape index (κ2) is 5.79. The third kappa shape index (κ3) is 3.75. The largest absolute Gasteiger partial charge is 0.481 e. The third-order valence-corrected chi connectivity index (χ3v) is 2.69. The fraction of sp³-hybridized carbons (Fsp3) is 0.333. The minimum absolute atomic E-state index is 0.0658. The second-order valence-corrected chi connectivity index (χ2v) is 4.72. The van der Waals surface area contributed by atoms with Crippen LogP contribution < -0.4 is 0 Å². The Balaban J connectivity index is 2.06. The summed E-state index contributed by atoms with van der Waals surface area (Å²) in [5.41, 5.74) is 0.560. The van der Waals surface area contributed by atoms with Gasteiger partial charge in [-0.05, 0) is 18.1 Å². The van der Waals surface area contributed by atoms with E-state index in [-0.39, 0.29) is 12.3 Å². The lowest BCUT2D eigenvalue weighted by Gasteiger charge is -2.03. The lowest BCUT2D eigenvalue weighted by molar-refractivity contribution is -0.137. The van der Waals surface area contributed by atoms with Gasteiger partial charge in [0.25, 0.3) is 0 Å². The highest BCUT2D eigenvalue weighted by Gasteiger charge is 2.14. The fourth-order valence-electron chi connectivity index (χ4n) is 1.62. The molecule has 19 heavy (non-hydrogen) atoms. The van der Waals surface area contributed by atoms with Gasteiger partial charge in [-0.3, -0.25) is 9.78 Å². The molecule has 0 spiro atoms. The standard InChI is InChI=1S/C12H12ClN3O3/c1-7(5-11(17)18)4-10-15-12(16-19-10)9-3-2-8(13)6-14-9/h2-3,6-7H,4-5H2,1H3,(H,17,18). The van der Waals surface area contributed by atoms with Crippen molar-refractivity contribution in [2.45, 2.75) is 19.8 Å². The molecule has 2 heterocycles. The third-order valence-electron chi connectivity index (χ3n) is 2.47. The minimum atomic E-state index is -0.841. The molecule has 1 unspecified atom stereocenters. The summed E-state index contributed by atoms with van der Waals surface area (Å²) >= 11 is 5.74. The van der Waals surface area contributed by atoms with E-state index in [1.165, 1.54) is 6.20 Å². The van der Waals surface area contributed by atoms with Crippen LogP contribution in [0.15, 0.2) is 22.9 Å². The van der Waals surface area contributed by atoms with E-state index in [2.05, 4.69) is 15.1 Å². The molecular weight excluding hydrogens is 270 g/mol. The van der Waals surface area contributed by atoms with Crippen LogP contribution in [0.3, 0.4) is 0 Å². The molecule has 1 atom stereocenters. The molecule has 0 fully saturated rings. The van der Waals surface area contributed by atoms with Gasteiger partial charge in [0, 0.05) is 19.0 Å². The highest BCUT2D eigenvalue weighted by atomic mass is 35.5. The Hall–Kier alpha value is -1.95. The number of rotatable bonds is 5. The van der Waals surface area contributed by atoms with Gasteiger partial charge in [-0.2, -0.15) is 4.98 Å². The van der Waals surface area contributed by atoms with Crippen LogP contribution >= 0.6 is 11.6 Å². The Kier molecular flexibility index (Phi) is 4.11. The number of carbonyl (C=O) groups is 1. The van der Waals surface area contributed by atoms with Gasteiger partial charge < -0.3 is 9.63 Å². The van der Waals surface area contributed by atoms with E-state index in [0.29, 0.717) is 28.9 Å². The number of aliphatic carboxylic acids is 1. The smallest absolute Gasteiger partial charge is 0.303 e. The Labute approximate surface area is 114 Å². The highest BCUT2D eigenvalue weighted by Crippen LogP contribution is 2.17. The molecule has 1 N–H and O–H groups in total. The van der Waals surface area contributed by atoms with Crippen LogP contribution in [0, 0.1) is 5.92 Å². The van der Waals surface area contributed by atoms with E-state index >= 15 is 0 Å². The SMILES string of the molecule is CC(CC(=O)O)Cc1nc(-c2ccc(Cl)cn2)no1. The number of nitrogens with zero attached hydrogens (tertiary/aromatic N) is 3. The van der Waals surface area contributed by atoms with E-state index in [1.54, 1.807) is 12.1 Å². The van der Waals surface area contributed by atoms with Gasteiger partial charge in [0.15, 0.2) is 0 Å².